The zero-order valence-electron chi connectivity index (χ0n) is 12.7. The quantitative estimate of drug-likeness (QED) is 0.854. The van der Waals surface area contributed by atoms with E-state index in [0.717, 1.165) is 12.0 Å². The van der Waals surface area contributed by atoms with E-state index in [-0.39, 0.29) is 17.9 Å². The Hall–Kier alpha value is -2.44. The molecule has 1 aromatic heterocycles. The van der Waals surface area contributed by atoms with Crippen molar-refractivity contribution >= 4 is 6.03 Å². The number of hydrogen-bond donors (Lipinski definition) is 2. The Morgan fingerprint density at radius 2 is 2.27 bits per heavy atom. The highest BCUT2D eigenvalue weighted by molar-refractivity contribution is 5.74. The first kappa shape index (κ1) is 15.9. The third-order valence-corrected chi connectivity index (χ3v) is 3.34. The first-order chi connectivity index (χ1) is 10.5. The second-order valence-corrected chi connectivity index (χ2v) is 5.20. The number of nitrogens with one attached hydrogen (secondary N) is 2. The maximum absolute atomic E-state index is 13.1. The van der Waals surface area contributed by atoms with Crippen molar-refractivity contribution in [3.8, 4) is 0 Å². The fourth-order valence-corrected chi connectivity index (χ4v) is 2.06. The van der Waals surface area contributed by atoms with Crippen molar-refractivity contribution in [1.29, 1.82) is 0 Å². The standard InChI is InChI=1S/C15H20FN5O/c1-11(6-7-12-4-3-5-13(16)8-12)20-15(22)17-9-14-18-10-19-21(14)2/h3-5,8,10-11H,6-7,9H2,1-2H3,(H2,17,20,22). The minimum atomic E-state index is -0.255. The van der Waals surface area contributed by atoms with Crippen LogP contribution >= 0.6 is 0 Å². The maximum atomic E-state index is 13.1. The van der Waals surface area contributed by atoms with Gasteiger partial charge in [0.05, 0.1) is 6.54 Å². The number of urea groups is 1. The Morgan fingerprint density at radius 3 is 2.95 bits per heavy atom. The van der Waals surface area contributed by atoms with Crippen molar-refractivity contribution in [2.24, 2.45) is 7.05 Å². The number of aromatic nitrogens is 3. The molecular formula is C15H20FN5O. The molecule has 1 heterocycles. The van der Waals surface area contributed by atoms with Crippen LogP contribution in [0.4, 0.5) is 9.18 Å². The number of hydrogen-bond acceptors (Lipinski definition) is 3. The molecule has 0 aliphatic heterocycles. The van der Waals surface area contributed by atoms with Crippen LogP contribution in [-0.4, -0.2) is 26.8 Å². The fourth-order valence-electron chi connectivity index (χ4n) is 2.06. The van der Waals surface area contributed by atoms with Crippen molar-refractivity contribution in [3.63, 3.8) is 0 Å². The second kappa shape index (κ2) is 7.53. The number of rotatable bonds is 6. The predicted molar refractivity (Wildman–Crippen MR) is 80.6 cm³/mol. The van der Waals surface area contributed by atoms with Gasteiger partial charge in [0.1, 0.15) is 18.0 Å². The lowest BCUT2D eigenvalue weighted by Crippen LogP contribution is -2.41. The summed E-state index contributed by atoms with van der Waals surface area (Å²) in [6.07, 6.45) is 2.89. The van der Waals surface area contributed by atoms with Gasteiger partial charge in [-0.25, -0.2) is 14.2 Å². The van der Waals surface area contributed by atoms with Gasteiger partial charge in [0.25, 0.3) is 0 Å². The lowest BCUT2D eigenvalue weighted by atomic mass is 10.1. The summed E-state index contributed by atoms with van der Waals surface area (Å²) in [5.74, 6) is 0.446. The predicted octanol–water partition coefficient (Wildman–Crippen LogP) is 1.77. The van der Waals surface area contributed by atoms with E-state index >= 15 is 0 Å². The molecule has 7 heteroatoms. The number of carbonyl (C=O) groups excluding carboxylic acids is 1. The Labute approximate surface area is 128 Å². The second-order valence-electron chi connectivity index (χ2n) is 5.20. The molecule has 0 radical (unpaired) electrons. The fraction of sp³-hybridized carbons (Fsp3) is 0.400. The molecule has 0 fully saturated rings. The van der Waals surface area contributed by atoms with Crippen LogP contribution in [-0.2, 0) is 20.0 Å². The van der Waals surface area contributed by atoms with Gasteiger partial charge in [-0.2, -0.15) is 5.10 Å². The van der Waals surface area contributed by atoms with Crippen LogP contribution in [0.1, 0.15) is 24.7 Å². The van der Waals surface area contributed by atoms with E-state index in [1.54, 1.807) is 17.8 Å². The van der Waals surface area contributed by atoms with Crippen LogP contribution in [0.3, 0.4) is 0 Å². The molecule has 1 aromatic carbocycles. The van der Waals surface area contributed by atoms with E-state index < -0.39 is 0 Å². The van der Waals surface area contributed by atoms with E-state index in [9.17, 15) is 9.18 Å². The van der Waals surface area contributed by atoms with Gasteiger partial charge in [-0.3, -0.25) is 4.68 Å². The SMILES string of the molecule is CC(CCc1cccc(F)c1)NC(=O)NCc1ncnn1C. The molecule has 1 atom stereocenters. The highest BCUT2D eigenvalue weighted by Crippen LogP contribution is 2.07. The molecule has 2 rings (SSSR count). The number of aryl methyl sites for hydroxylation is 2. The van der Waals surface area contributed by atoms with Gasteiger partial charge in [-0.15, -0.1) is 0 Å². The van der Waals surface area contributed by atoms with E-state index in [1.165, 1.54) is 18.5 Å². The smallest absolute Gasteiger partial charge is 0.315 e. The molecule has 0 aliphatic rings. The maximum Gasteiger partial charge on any atom is 0.315 e. The van der Waals surface area contributed by atoms with E-state index in [1.807, 2.05) is 13.0 Å². The van der Waals surface area contributed by atoms with Crippen molar-refractivity contribution in [3.05, 3.63) is 47.8 Å². The van der Waals surface area contributed by atoms with Crippen LogP contribution in [0.25, 0.3) is 0 Å². The van der Waals surface area contributed by atoms with Gasteiger partial charge in [-0.05, 0) is 37.5 Å². The summed E-state index contributed by atoms with van der Waals surface area (Å²) in [7, 11) is 1.77. The largest absolute Gasteiger partial charge is 0.336 e. The van der Waals surface area contributed by atoms with Crippen LogP contribution in [0.5, 0.6) is 0 Å². The summed E-state index contributed by atoms with van der Waals surface area (Å²) in [4.78, 5) is 15.8. The van der Waals surface area contributed by atoms with Crippen LogP contribution in [0.15, 0.2) is 30.6 Å². The summed E-state index contributed by atoms with van der Waals surface area (Å²) in [5, 5.41) is 9.50. The molecule has 2 amide bonds. The summed E-state index contributed by atoms with van der Waals surface area (Å²) in [6, 6.07) is 6.24. The average molecular weight is 305 g/mol. The summed E-state index contributed by atoms with van der Waals surface area (Å²) < 4.78 is 14.7. The van der Waals surface area contributed by atoms with Crippen LogP contribution < -0.4 is 10.6 Å². The van der Waals surface area contributed by atoms with Gasteiger partial charge in [0.2, 0.25) is 0 Å². The highest BCUT2D eigenvalue weighted by Gasteiger charge is 2.08. The van der Waals surface area contributed by atoms with Gasteiger partial charge in [0, 0.05) is 13.1 Å². The molecule has 2 aromatic rings. The number of nitrogens with zero attached hydrogens (tertiary/aromatic N) is 3. The van der Waals surface area contributed by atoms with E-state index in [4.69, 9.17) is 0 Å². The Kier molecular flexibility index (Phi) is 5.46. The molecule has 0 saturated heterocycles. The third-order valence-electron chi connectivity index (χ3n) is 3.34. The first-order valence-corrected chi connectivity index (χ1v) is 7.16. The molecule has 6 nitrogen and oxygen atoms in total. The Bertz CT molecular complexity index is 628. The normalized spacial score (nSPS) is 12.0. The molecule has 1 unspecified atom stereocenters. The van der Waals surface area contributed by atoms with Crippen molar-refractivity contribution in [2.75, 3.05) is 0 Å². The van der Waals surface area contributed by atoms with Crippen molar-refractivity contribution < 1.29 is 9.18 Å². The number of halogens is 1. The number of benzene rings is 1. The van der Waals surface area contributed by atoms with Gasteiger partial charge in [0.15, 0.2) is 0 Å². The molecule has 0 aliphatic carbocycles. The van der Waals surface area contributed by atoms with Crippen LogP contribution in [0, 0.1) is 5.82 Å². The molecule has 2 N–H and O–H groups in total. The monoisotopic (exact) mass is 305 g/mol. The van der Waals surface area contributed by atoms with E-state index in [0.29, 0.717) is 18.8 Å². The third kappa shape index (κ3) is 4.83. The van der Waals surface area contributed by atoms with Gasteiger partial charge >= 0.3 is 6.03 Å². The molecule has 0 saturated carbocycles. The van der Waals surface area contributed by atoms with Crippen molar-refractivity contribution in [2.45, 2.75) is 32.4 Å². The Morgan fingerprint density at radius 1 is 1.45 bits per heavy atom. The minimum Gasteiger partial charge on any atom is -0.336 e. The van der Waals surface area contributed by atoms with Crippen molar-refractivity contribution in [1.82, 2.24) is 25.4 Å². The topological polar surface area (TPSA) is 71.8 Å². The molecule has 0 spiro atoms. The molecule has 22 heavy (non-hydrogen) atoms. The Balaban J connectivity index is 1.71. The van der Waals surface area contributed by atoms with Gasteiger partial charge < -0.3 is 10.6 Å². The zero-order chi connectivity index (χ0) is 15.9. The first-order valence-electron chi connectivity index (χ1n) is 7.16. The number of amides is 2. The molecule has 118 valence electrons. The summed E-state index contributed by atoms with van der Waals surface area (Å²) in [6.45, 7) is 2.24. The van der Waals surface area contributed by atoms with Crippen LogP contribution in [0.2, 0.25) is 0 Å². The molecular weight excluding hydrogens is 285 g/mol. The lowest BCUT2D eigenvalue weighted by molar-refractivity contribution is 0.236. The lowest BCUT2D eigenvalue weighted by Gasteiger charge is -2.14. The summed E-state index contributed by atoms with van der Waals surface area (Å²) in [5.41, 5.74) is 0.924. The minimum absolute atomic E-state index is 0.0113. The number of carbonyl (C=O) groups is 1. The average Bonchev–Trinajstić information content (AvgIpc) is 2.88. The van der Waals surface area contributed by atoms with E-state index in [2.05, 4.69) is 20.7 Å². The molecule has 0 bridgehead atoms. The van der Waals surface area contributed by atoms with Gasteiger partial charge in [-0.1, -0.05) is 12.1 Å². The summed E-state index contributed by atoms with van der Waals surface area (Å²) >= 11 is 0. The zero-order valence-corrected chi connectivity index (χ0v) is 12.7. The highest BCUT2D eigenvalue weighted by atomic mass is 19.1.